The Morgan fingerprint density at radius 1 is 1.03 bits per heavy atom. The fourth-order valence-electron chi connectivity index (χ4n) is 2.80. The molecule has 0 radical (unpaired) electrons. The Labute approximate surface area is 211 Å². The molecule has 0 aliphatic carbocycles. The molecule has 0 unspecified atom stereocenters. The highest BCUT2D eigenvalue weighted by Crippen LogP contribution is 2.29. The summed E-state index contributed by atoms with van der Waals surface area (Å²) in [6, 6.07) is 2.06. The molecule has 0 spiro atoms. The van der Waals surface area contributed by atoms with E-state index in [1.165, 1.54) is 5.57 Å². The first-order valence-corrected chi connectivity index (χ1v) is 12.3. The zero-order valence-electron chi connectivity index (χ0n) is 23.5. The van der Waals surface area contributed by atoms with Crippen molar-refractivity contribution in [3.8, 4) is 0 Å². The molecule has 1 aromatic rings. The zero-order chi connectivity index (χ0) is 26.7. The number of pyridine rings is 1. The molecule has 1 aromatic heterocycles. The Hall–Kier alpha value is -3.00. The van der Waals surface area contributed by atoms with Crippen molar-refractivity contribution in [1.29, 1.82) is 0 Å². The van der Waals surface area contributed by atoms with Gasteiger partial charge >= 0.3 is 0 Å². The fraction of sp³-hybridized carbons (Fsp3) is 0.375. The van der Waals surface area contributed by atoms with Crippen LogP contribution in [0.1, 0.15) is 90.7 Å². The monoisotopic (exact) mass is 460 g/mol. The number of hydrogen-bond acceptors (Lipinski definition) is 2. The van der Waals surface area contributed by atoms with Crippen LogP contribution in [0, 0.1) is 13.8 Å². The number of aryl methyl sites for hydroxylation is 1. The van der Waals surface area contributed by atoms with E-state index < -0.39 is 0 Å². The fourth-order valence-corrected chi connectivity index (χ4v) is 2.80. The van der Waals surface area contributed by atoms with Crippen molar-refractivity contribution in [1.82, 2.24) is 4.98 Å². The molecular formula is C32H48N2. The molecule has 0 aliphatic heterocycles. The van der Waals surface area contributed by atoms with Gasteiger partial charge in [-0.25, -0.2) is 0 Å². The largest absolute Gasteiger partial charge is 0.252 e. The van der Waals surface area contributed by atoms with Gasteiger partial charge in [-0.15, -0.1) is 6.58 Å². The number of aromatic nitrogens is 1. The lowest BCUT2D eigenvalue weighted by Crippen LogP contribution is -2.02. The third-order valence-corrected chi connectivity index (χ3v) is 4.94. The highest BCUT2D eigenvalue weighted by Gasteiger charge is 2.14. The minimum Gasteiger partial charge on any atom is -0.252 e. The summed E-state index contributed by atoms with van der Waals surface area (Å²) in [5.74, 6) is 0. The molecule has 1 heterocycles. The van der Waals surface area contributed by atoms with Gasteiger partial charge < -0.3 is 0 Å². The molecule has 0 saturated carbocycles. The van der Waals surface area contributed by atoms with Crippen LogP contribution in [-0.2, 0) is 0 Å². The first-order valence-electron chi connectivity index (χ1n) is 12.3. The van der Waals surface area contributed by atoms with Crippen LogP contribution in [0.5, 0.6) is 0 Å². The molecule has 0 saturated heterocycles. The summed E-state index contributed by atoms with van der Waals surface area (Å²) >= 11 is 0. The number of nitrogens with zero attached hydrogens (tertiary/aromatic N) is 2. The van der Waals surface area contributed by atoms with E-state index >= 15 is 0 Å². The van der Waals surface area contributed by atoms with E-state index in [0.29, 0.717) is 0 Å². The van der Waals surface area contributed by atoms with Gasteiger partial charge in [0.25, 0.3) is 0 Å². The van der Waals surface area contributed by atoms with E-state index in [-0.39, 0.29) is 0 Å². The maximum Gasteiger partial charge on any atom is 0.0924 e. The zero-order valence-corrected chi connectivity index (χ0v) is 23.5. The Morgan fingerprint density at radius 2 is 1.62 bits per heavy atom. The summed E-state index contributed by atoms with van der Waals surface area (Å²) in [7, 11) is 0. The van der Waals surface area contributed by atoms with Crippen molar-refractivity contribution in [3.05, 3.63) is 102 Å². The molecule has 0 N–H and O–H groups in total. The summed E-state index contributed by atoms with van der Waals surface area (Å²) < 4.78 is 0. The number of rotatable bonds is 9. The highest BCUT2D eigenvalue weighted by atomic mass is 14.8. The second kappa shape index (κ2) is 19.5. The van der Waals surface area contributed by atoms with Gasteiger partial charge in [-0.2, -0.15) is 0 Å². The van der Waals surface area contributed by atoms with Crippen molar-refractivity contribution in [2.75, 3.05) is 0 Å². The first-order chi connectivity index (χ1) is 16.2. The van der Waals surface area contributed by atoms with Crippen LogP contribution in [0.25, 0.3) is 11.3 Å². The van der Waals surface area contributed by atoms with Crippen LogP contribution in [0.15, 0.2) is 84.5 Å². The molecule has 0 bridgehead atoms. The predicted octanol–water partition coefficient (Wildman–Crippen LogP) is 10.2. The SMILES string of the molecule is C=CC(=C)c1cc(C)nc(C(/N=C(C)/C=C/C(/C=C\C)=C/C)=C(/C)CC)c1C.C=CCC.CC. The van der Waals surface area contributed by atoms with Crippen LogP contribution in [0.3, 0.4) is 0 Å². The topological polar surface area (TPSA) is 25.2 Å². The summed E-state index contributed by atoms with van der Waals surface area (Å²) in [6.07, 6.45) is 16.0. The van der Waals surface area contributed by atoms with E-state index in [2.05, 4.69) is 71.7 Å². The maximum atomic E-state index is 4.95. The number of allylic oxidation sites excluding steroid dienone is 10. The van der Waals surface area contributed by atoms with Gasteiger partial charge in [0, 0.05) is 11.4 Å². The lowest BCUT2D eigenvalue weighted by atomic mass is 9.97. The molecule has 2 nitrogen and oxygen atoms in total. The van der Waals surface area contributed by atoms with Gasteiger partial charge in [-0.05, 0) is 94.4 Å². The van der Waals surface area contributed by atoms with Crippen molar-refractivity contribution in [2.24, 2.45) is 4.99 Å². The van der Waals surface area contributed by atoms with Crippen LogP contribution in [-0.4, -0.2) is 10.7 Å². The van der Waals surface area contributed by atoms with Gasteiger partial charge in [-0.1, -0.05) is 77.3 Å². The summed E-state index contributed by atoms with van der Waals surface area (Å²) in [5.41, 5.74) is 9.19. The molecule has 0 aliphatic rings. The lowest BCUT2D eigenvalue weighted by molar-refractivity contribution is 1.06. The third kappa shape index (κ3) is 11.7. The average Bonchev–Trinajstić information content (AvgIpc) is 2.86. The van der Waals surface area contributed by atoms with Crippen LogP contribution >= 0.6 is 0 Å². The molecule has 0 atom stereocenters. The maximum absolute atomic E-state index is 4.95. The van der Waals surface area contributed by atoms with Crippen LogP contribution in [0.4, 0.5) is 0 Å². The molecule has 1 rings (SSSR count). The van der Waals surface area contributed by atoms with Gasteiger partial charge in [0.05, 0.1) is 11.4 Å². The Bertz CT molecular complexity index is 947. The van der Waals surface area contributed by atoms with Gasteiger partial charge in [0.15, 0.2) is 0 Å². The van der Waals surface area contributed by atoms with Crippen LogP contribution in [0.2, 0.25) is 0 Å². The smallest absolute Gasteiger partial charge is 0.0924 e. The van der Waals surface area contributed by atoms with E-state index in [1.54, 1.807) is 6.08 Å². The van der Waals surface area contributed by atoms with E-state index in [1.807, 2.05) is 59.8 Å². The predicted molar refractivity (Wildman–Crippen MR) is 158 cm³/mol. The lowest BCUT2D eigenvalue weighted by Gasteiger charge is -2.15. The molecule has 0 amide bonds. The molecule has 2 heteroatoms. The van der Waals surface area contributed by atoms with Gasteiger partial charge in [0.2, 0.25) is 0 Å². The van der Waals surface area contributed by atoms with Crippen molar-refractivity contribution in [2.45, 2.75) is 82.1 Å². The van der Waals surface area contributed by atoms with Crippen LogP contribution < -0.4 is 0 Å². The Balaban J connectivity index is 0. The van der Waals surface area contributed by atoms with E-state index in [4.69, 9.17) is 9.98 Å². The standard InChI is InChI=1S/C26H34N2.C4H8.C2H6/c1-10-14-23(13-4)16-15-20(7)27-25(19(6)12-3)26-22(9)24(18(5)11-2)17-21(8)28-26;1-3-4-2;1-2/h10-11,13-17H,2,5,12H2,1,3-4,6-9H3;3H,1,4H2,2H3;1-2H3/b14-10-,16-15+,23-13+,25-19+,27-20+;;. The Kier molecular flexibility index (Phi) is 19.0. The number of aliphatic imine (C=N–C) groups is 1. The highest BCUT2D eigenvalue weighted by molar-refractivity contribution is 5.97. The summed E-state index contributed by atoms with van der Waals surface area (Å²) in [4.78, 5) is 9.78. The van der Waals surface area contributed by atoms with Crippen molar-refractivity contribution < 1.29 is 0 Å². The second-order valence-electron chi connectivity index (χ2n) is 7.57. The summed E-state index contributed by atoms with van der Waals surface area (Å²) in [5, 5.41) is 0. The average molecular weight is 461 g/mol. The molecule has 34 heavy (non-hydrogen) atoms. The number of hydrogen-bond donors (Lipinski definition) is 0. The third-order valence-electron chi connectivity index (χ3n) is 4.94. The normalized spacial score (nSPS) is 12.4. The van der Waals surface area contributed by atoms with Crippen molar-refractivity contribution in [3.63, 3.8) is 0 Å². The molecule has 0 aromatic carbocycles. The minimum absolute atomic E-state index is 0.905. The van der Waals surface area contributed by atoms with Gasteiger partial charge in [-0.3, -0.25) is 9.98 Å². The second-order valence-corrected chi connectivity index (χ2v) is 7.57. The van der Waals surface area contributed by atoms with E-state index in [9.17, 15) is 0 Å². The minimum atomic E-state index is 0.905. The molecule has 186 valence electrons. The first kappa shape index (κ1) is 33.2. The quantitative estimate of drug-likeness (QED) is 0.204. The molecular weight excluding hydrogens is 412 g/mol. The molecule has 0 fully saturated rings. The summed E-state index contributed by atoms with van der Waals surface area (Å²) in [6.45, 7) is 32.0. The van der Waals surface area contributed by atoms with Crippen molar-refractivity contribution >= 4 is 17.0 Å². The Morgan fingerprint density at radius 3 is 2.06 bits per heavy atom. The van der Waals surface area contributed by atoms with Gasteiger partial charge in [0.1, 0.15) is 0 Å². The van der Waals surface area contributed by atoms with E-state index in [0.717, 1.165) is 57.9 Å².